The SMILES string of the molecule is CCCCCn1nc(Br)c(=O)c2cccc(OC)c21. The number of aryl methyl sites for hydroxylation is 1. The first kappa shape index (κ1) is 14.1. The molecule has 0 bridgehead atoms. The van der Waals surface area contributed by atoms with E-state index < -0.39 is 0 Å². The summed E-state index contributed by atoms with van der Waals surface area (Å²) in [7, 11) is 1.61. The maximum atomic E-state index is 12.1. The van der Waals surface area contributed by atoms with Gasteiger partial charge in [0.15, 0.2) is 4.60 Å². The van der Waals surface area contributed by atoms with Crippen LogP contribution in [0.25, 0.3) is 10.9 Å². The lowest BCUT2D eigenvalue weighted by atomic mass is 10.2. The van der Waals surface area contributed by atoms with Crippen LogP contribution in [0.5, 0.6) is 5.75 Å². The Bertz CT molecular complexity index is 637. The summed E-state index contributed by atoms with van der Waals surface area (Å²) >= 11 is 3.24. The van der Waals surface area contributed by atoms with Crippen molar-refractivity contribution in [3.8, 4) is 5.75 Å². The van der Waals surface area contributed by atoms with Crippen LogP contribution in [0.15, 0.2) is 27.6 Å². The molecule has 0 N–H and O–H groups in total. The number of rotatable bonds is 5. The molecule has 0 saturated carbocycles. The summed E-state index contributed by atoms with van der Waals surface area (Å²) in [6.07, 6.45) is 3.32. The molecule has 2 rings (SSSR count). The minimum Gasteiger partial charge on any atom is -0.494 e. The fraction of sp³-hybridized carbons (Fsp3) is 0.429. The Balaban J connectivity index is 2.61. The standard InChI is InChI=1S/C14H17BrN2O2/c1-3-4-5-9-17-12-10(13(18)14(15)16-17)7-6-8-11(12)19-2/h6-8H,3-5,9H2,1-2H3. The number of hydrogen-bond donors (Lipinski definition) is 0. The smallest absolute Gasteiger partial charge is 0.222 e. The number of fused-ring (bicyclic) bond motifs is 1. The van der Waals surface area contributed by atoms with Crippen LogP contribution in [0.3, 0.4) is 0 Å². The van der Waals surface area contributed by atoms with Gasteiger partial charge in [-0.25, -0.2) is 0 Å². The summed E-state index contributed by atoms with van der Waals surface area (Å²) in [4.78, 5) is 12.1. The highest BCUT2D eigenvalue weighted by Crippen LogP contribution is 2.24. The Hall–Kier alpha value is -1.36. The summed E-state index contributed by atoms with van der Waals surface area (Å²) in [5.74, 6) is 0.686. The van der Waals surface area contributed by atoms with Gasteiger partial charge in [0.2, 0.25) is 5.43 Å². The van der Waals surface area contributed by atoms with Crippen molar-refractivity contribution in [2.75, 3.05) is 7.11 Å². The van der Waals surface area contributed by atoms with E-state index in [1.807, 2.05) is 22.9 Å². The zero-order chi connectivity index (χ0) is 13.8. The number of para-hydroxylation sites is 1. The van der Waals surface area contributed by atoms with Crippen LogP contribution >= 0.6 is 15.9 Å². The molecule has 0 saturated heterocycles. The average Bonchev–Trinajstić information content (AvgIpc) is 2.43. The molecule has 0 aliphatic rings. The number of methoxy groups -OCH3 is 1. The van der Waals surface area contributed by atoms with E-state index in [0.717, 1.165) is 31.3 Å². The molecule has 0 spiro atoms. The van der Waals surface area contributed by atoms with Gasteiger partial charge in [0, 0.05) is 6.54 Å². The van der Waals surface area contributed by atoms with E-state index in [-0.39, 0.29) is 5.43 Å². The Labute approximate surface area is 120 Å². The zero-order valence-corrected chi connectivity index (χ0v) is 12.7. The van der Waals surface area contributed by atoms with Crippen molar-refractivity contribution in [2.45, 2.75) is 32.7 Å². The van der Waals surface area contributed by atoms with Crippen molar-refractivity contribution in [2.24, 2.45) is 0 Å². The van der Waals surface area contributed by atoms with Gasteiger partial charge in [-0.2, -0.15) is 5.10 Å². The van der Waals surface area contributed by atoms with Crippen molar-refractivity contribution < 1.29 is 4.74 Å². The Morgan fingerprint density at radius 1 is 1.37 bits per heavy atom. The van der Waals surface area contributed by atoms with Crippen molar-refractivity contribution in [3.63, 3.8) is 0 Å². The Morgan fingerprint density at radius 2 is 2.16 bits per heavy atom. The molecule has 0 amide bonds. The van der Waals surface area contributed by atoms with Crippen LogP contribution in [0.2, 0.25) is 0 Å². The van der Waals surface area contributed by atoms with Gasteiger partial charge in [-0.1, -0.05) is 25.8 Å². The third kappa shape index (κ3) is 2.81. The lowest BCUT2D eigenvalue weighted by Crippen LogP contribution is -2.15. The zero-order valence-electron chi connectivity index (χ0n) is 11.1. The second-order valence-corrected chi connectivity index (χ2v) is 5.16. The normalized spacial score (nSPS) is 10.9. The van der Waals surface area contributed by atoms with Gasteiger partial charge >= 0.3 is 0 Å². The van der Waals surface area contributed by atoms with Crippen LogP contribution in [-0.4, -0.2) is 16.9 Å². The van der Waals surface area contributed by atoms with Gasteiger partial charge in [0.1, 0.15) is 11.3 Å². The van der Waals surface area contributed by atoms with Crippen molar-refractivity contribution in [1.82, 2.24) is 9.78 Å². The highest BCUT2D eigenvalue weighted by molar-refractivity contribution is 9.10. The lowest BCUT2D eigenvalue weighted by Gasteiger charge is -2.13. The molecule has 1 heterocycles. The predicted octanol–water partition coefficient (Wildman–Crippen LogP) is 3.36. The lowest BCUT2D eigenvalue weighted by molar-refractivity contribution is 0.414. The van der Waals surface area contributed by atoms with Crippen LogP contribution in [-0.2, 0) is 6.54 Å². The van der Waals surface area contributed by atoms with E-state index in [1.54, 1.807) is 7.11 Å². The summed E-state index contributed by atoms with van der Waals surface area (Å²) < 4.78 is 7.56. The highest BCUT2D eigenvalue weighted by atomic mass is 79.9. The number of halogens is 1. The van der Waals surface area contributed by atoms with E-state index in [4.69, 9.17) is 4.74 Å². The van der Waals surface area contributed by atoms with Gasteiger partial charge in [-0.05, 0) is 34.5 Å². The summed E-state index contributed by atoms with van der Waals surface area (Å²) in [5, 5.41) is 4.96. The van der Waals surface area contributed by atoms with Gasteiger partial charge in [0.25, 0.3) is 0 Å². The monoisotopic (exact) mass is 324 g/mol. The molecule has 4 nitrogen and oxygen atoms in total. The largest absolute Gasteiger partial charge is 0.494 e. The molecule has 2 aromatic rings. The number of benzene rings is 1. The van der Waals surface area contributed by atoms with E-state index in [2.05, 4.69) is 28.0 Å². The molecule has 0 atom stereocenters. The second-order valence-electron chi connectivity index (χ2n) is 4.41. The third-order valence-electron chi connectivity index (χ3n) is 3.09. The number of hydrogen-bond acceptors (Lipinski definition) is 3. The third-order valence-corrected chi connectivity index (χ3v) is 3.61. The highest BCUT2D eigenvalue weighted by Gasteiger charge is 2.12. The number of unbranched alkanes of at least 4 members (excludes halogenated alkanes) is 2. The minimum absolute atomic E-state index is 0.0966. The van der Waals surface area contributed by atoms with Crippen LogP contribution in [0.1, 0.15) is 26.2 Å². The molecule has 1 aromatic carbocycles. The van der Waals surface area contributed by atoms with Crippen molar-refractivity contribution in [3.05, 3.63) is 33.0 Å². The first-order chi connectivity index (χ1) is 9.19. The Morgan fingerprint density at radius 3 is 2.84 bits per heavy atom. The van der Waals surface area contributed by atoms with Crippen LogP contribution < -0.4 is 10.2 Å². The van der Waals surface area contributed by atoms with E-state index >= 15 is 0 Å². The molecule has 102 valence electrons. The molecule has 19 heavy (non-hydrogen) atoms. The van der Waals surface area contributed by atoms with Crippen LogP contribution in [0, 0.1) is 0 Å². The number of nitrogens with zero attached hydrogens (tertiary/aromatic N) is 2. The van der Waals surface area contributed by atoms with Crippen LogP contribution in [0.4, 0.5) is 0 Å². The first-order valence-electron chi connectivity index (χ1n) is 6.42. The average molecular weight is 325 g/mol. The summed E-state index contributed by atoms with van der Waals surface area (Å²) in [6.45, 7) is 2.94. The summed E-state index contributed by atoms with van der Waals surface area (Å²) in [5.41, 5.74) is 0.676. The van der Waals surface area contributed by atoms with Gasteiger partial charge in [-0.15, -0.1) is 0 Å². The molecule has 0 unspecified atom stereocenters. The molecular formula is C14H17BrN2O2. The summed E-state index contributed by atoms with van der Waals surface area (Å²) in [6, 6.07) is 5.49. The Kier molecular flexibility index (Phi) is 4.58. The minimum atomic E-state index is -0.0966. The van der Waals surface area contributed by atoms with Gasteiger partial charge in [0.05, 0.1) is 12.5 Å². The topological polar surface area (TPSA) is 44.1 Å². The molecule has 5 heteroatoms. The molecule has 0 aliphatic heterocycles. The first-order valence-corrected chi connectivity index (χ1v) is 7.21. The van der Waals surface area contributed by atoms with Crippen molar-refractivity contribution >= 4 is 26.8 Å². The van der Waals surface area contributed by atoms with Crippen molar-refractivity contribution in [1.29, 1.82) is 0 Å². The number of aromatic nitrogens is 2. The number of ether oxygens (including phenoxy) is 1. The van der Waals surface area contributed by atoms with Gasteiger partial charge in [-0.3, -0.25) is 9.48 Å². The molecule has 0 radical (unpaired) electrons. The predicted molar refractivity (Wildman–Crippen MR) is 79.8 cm³/mol. The van der Waals surface area contributed by atoms with E-state index in [1.165, 1.54) is 0 Å². The molecular weight excluding hydrogens is 308 g/mol. The maximum Gasteiger partial charge on any atom is 0.222 e. The molecule has 0 fully saturated rings. The molecule has 1 aromatic heterocycles. The maximum absolute atomic E-state index is 12.1. The van der Waals surface area contributed by atoms with E-state index in [9.17, 15) is 4.79 Å². The quantitative estimate of drug-likeness (QED) is 0.792. The fourth-order valence-electron chi connectivity index (χ4n) is 2.12. The fourth-order valence-corrected chi connectivity index (χ4v) is 2.53. The molecule has 0 aliphatic carbocycles. The van der Waals surface area contributed by atoms with E-state index in [0.29, 0.717) is 15.7 Å². The second kappa shape index (κ2) is 6.19. The van der Waals surface area contributed by atoms with Gasteiger partial charge < -0.3 is 4.74 Å².